The van der Waals surface area contributed by atoms with E-state index in [1.807, 2.05) is 19.9 Å². The molecule has 2 atom stereocenters. The third kappa shape index (κ3) is 6.10. The molecule has 1 nitrogen and oxygen atoms in total. The van der Waals surface area contributed by atoms with Crippen molar-refractivity contribution in [3.63, 3.8) is 0 Å². The van der Waals surface area contributed by atoms with Gasteiger partial charge in [0.1, 0.15) is 5.82 Å². The number of benzene rings is 3. The summed E-state index contributed by atoms with van der Waals surface area (Å²) in [5.41, 5.74) is 3.22. The minimum absolute atomic E-state index is 0.0768. The lowest BCUT2D eigenvalue weighted by Gasteiger charge is -2.29. The molecule has 2 unspecified atom stereocenters. The number of ether oxygens (including phenoxy) is 1. The number of aryl methyl sites for hydroxylation is 1. The van der Waals surface area contributed by atoms with Gasteiger partial charge in [0.15, 0.2) is 11.6 Å². The summed E-state index contributed by atoms with van der Waals surface area (Å²) in [6.07, 6.45) is 10.6. The summed E-state index contributed by atoms with van der Waals surface area (Å²) in [6.45, 7) is 4.77. The second kappa shape index (κ2) is 12.4. The zero-order valence-corrected chi connectivity index (χ0v) is 21.2. The third-order valence-corrected chi connectivity index (χ3v) is 7.18. The lowest BCUT2D eigenvalue weighted by molar-refractivity contribution is -0.0191. The Morgan fingerprint density at radius 1 is 0.889 bits per heavy atom. The summed E-state index contributed by atoms with van der Waals surface area (Å²) in [5.74, 6) is -1.35. The number of rotatable bonds is 9. The number of hydrogen-bond donors (Lipinski definition) is 0. The first-order valence-corrected chi connectivity index (χ1v) is 13.1. The number of allylic oxidation sites excluding steroid dienone is 2. The van der Waals surface area contributed by atoms with Gasteiger partial charge in [-0.3, -0.25) is 0 Å². The highest BCUT2D eigenvalue weighted by Crippen LogP contribution is 2.35. The Morgan fingerprint density at radius 2 is 1.61 bits per heavy atom. The van der Waals surface area contributed by atoms with Gasteiger partial charge in [-0.1, -0.05) is 74.0 Å². The Kier molecular flexibility index (Phi) is 9.03. The van der Waals surface area contributed by atoms with E-state index < -0.39 is 11.6 Å². The first kappa shape index (κ1) is 26.2. The Balaban J connectivity index is 1.45. The predicted molar refractivity (Wildman–Crippen MR) is 141 cm³/mol. The molecular weight excluding hydrogens is 457 g/mol. The molecule has 1 saturated heterocycles. The van der Waals surface area contributed by atoms with Crippen molar-refractivity contribution in [1.82, 2.24) is 0 Å². The van der Waals surface area contributed by atoms with Gasteiger partial charge in [-0.05, 0) is 79.7 Å². The van der Waals surface area contributed by atoms with Crippen LogP contribution in [0, 0.1) is 23.4 Å². The van der Waals surface area contributed by atoms with Crippen LogP contribution in [0.2, 0.25) is 0 Å². The van der Waals surface area contributed by atoms with Crippen LogP contribution in [0.4, 0.5) is 13.2 Å². The van der Waals surface area contributed by atoms with Gasteiger partial charge in [-0.15, -0.1) is 0 Å². The molecule has 4 rings (SSSR count). The van der Waals surface area contributed by atoms with Crippen LogP contribution in [0.5, 0.6) is 0 Å². The molecule has 190 valence electrons. The molecule has 0 bridgehead atoms. The average Bonchev–Trinajstić information content (AvgIpc) is 2.90. The van der Waals surface area contributed by atoms with E-state index >= 15 is 4.39 Å². The van der Waals surface area contributed by atoms with Crippen LogP contribution < -0.4 is 0 Å². The molecule has 0 spiro atoms. The van der Waals surface area contributed by atoms with Crippen LogP contribution in [-0.4, -0.2) is 6.61 Å². The molecule has 0 aromatic heterocycles. The van der Waals surface area contributed by atoms with Gasteiger partial charge in [0.2, 0.25) is 0 Å². The topological polar surface area (TPSA) is 9.23 Å². The minimum Gasteiger partial charge on any atom is -0.373 e. The van der Waals surface area contributed by atoms with Gasteiger partial charge >= 0.3 is 0 Å². The normalized spacial score (nSPS) is 18.1. The summed E-state index contributed by atoms with van der Waals surface area (Å²) in [6, 6.07) is 15.5. The van der Waals surface area contributed by atoms with Crippen molar-refractivity contribution in [2.24, 2.45) is 5.92 Å². The lowest BCUT2D eigenvalue weighted by Crippen LogP contribution is -2.20. The van der Waals surface area contributed by atoms with Crippen LogP contribution in [0.1, 0.15) is 69.6 Å². The van der Waals surface area contributed by atoms with Gasteiger partial charge in [-0.2, -0.15) is 0 Å². The van der Waals surface area contributed by atoms with E-state index in [1.54, 1.807) is 48.5 Å². The van der Waals surface area contributed by atoms with Crippen molar-refractivity contribution in [2.45, 2.75) is 64.9 Å². The van der Waals surface area contributed by atoms with Gasteiger partial charge in [-0.25, -0.2) is 13.2 Å². The van der Waals surface area contributed by atoms with E-state index in [9.17, 15) is 8.78 Å². The Bertz CT molecular complexity index is 1170. The maximum atomic E-state index is 15.1. The van der Waals surface area contributed by atoms with Crippen molar-refractivity contribution in [2.75, 3.05) is 6.61 Å². The maximum Gasteiger partial charge on any atom is 0.166 e. The quantitative estimate of drug-likeness (QED) is 0.270. The number of unbranched alkanes of at least 4 members (excludes halogenated alkanes) is 1. The highest BCUT2D eigenvalue weighted by Gasteiger charge is 2.23. The molecule has 3 aromatic carbocycles. The lowest BCUT2D eigenvalue weighted by atomic mass is 9.90. The molecule has 0 radical (unpaired) electrons. The van der Waals surface area contributed by atoms with E-state index in [2.05, 4.69) is 12.2 Å². The SMILES string of the molecule is CC=CCCC1CCC(c2ccc(-c3ccc(-c4ccc(CCCC)c(F)c4F)cc3)c(F)c2)OC1. The molecule has 1 aliphatic heterocycles. The summed E-state index contributed by atoms with van der Waals surface area (Å²) in [4.78, 5) is 0. The van der Waals surface area contributed by atoms with E-state index in [4.69, 9.17) is 4.74 Å². The van der Waals surface area contributed by atoms with Crippen molar-refractivity contribution in [1.29, 1.82) is 0 Å². The van der Waals surface area contributed by atoms with Gasteiger partial charge in [0, 0.05) is 11.1 Å². The van der Waals surface area contributed by atoms with Gasteiger partial charge < -0.3 is 4.74 Å². The van der Waals surface area contributed by atoms with Crippen LogP contribution in [0.25, 0.3) is 22.3 Å². The van der Waals surface area contributed by atoms with Crippen molar-refractivity contribution in [3.8, 4) is 22.3 Å². The minimum atomic E-state index is -0.830. The Morgan fingerprint density at radius 3 is 2.25 bits per heavy atom. The highest BCUT2D eigenvalue weighted by molar-refractivity contribution is 5.71. The molecule has 1 heterocycles. The molecule has 0 aliphatic carbocycles. The fourth-order valence-electron chi connectivity index (χ4n) is 4.96. The largest absolute Gasteiger partial charge is 0.373 e. The molecular formula is C32H35F3O. The molecule has 0 N–H and O–H groups in total. The highest BCUT2D eigenvalue weighted by atomic mass is 19.2. The van der Waals surface area contributed by atoms with E-state index in [-0.39, 0.29) is 17.5 Å². The number of hydrogen-bond acceptors (Lipinski definition) is 1. The molecule has 1 fully saturated rings. The van der Waals surface area contributed by atoms with Crippen molar-refractivity contribution in [3.05, 3.63) is 95.3 Å². The first-order chi connectivity index (χ1) is 17.5. The predicted octanol–water partition coefficient (Wildman–Crippen LogP) is 9.60. The van der Waals surface area contributed by atoms with Crippen LogP contribution in [-0.2, 0) is 11.2 Å². The van der Waals surface area contributed by atoms with Gasteiger partial charge in [0.05, 0.1) is 12.7 Å². The molecule has 0 amide bonds. The maximum absolute atomic E-state index is 15.1. The van der Waals surface area contributed by atoms with E-state index in [1.165, 1.54) is 0 Å². The van der Waals surface area contributed by atoms with Gasteiger partial charge in [0.25, 0.3) is 0 Å². The Hall–Kier alpha value is -2.85. The fraction of sp³-hybridized carbons (Fsp3) is 0.375. The third-order valence-electron chi connectivity index (χ3n) is 7.18. The smallest absolute Gasteiger partial charge is 0.166 e. The first-order valence-electron chi connectivity index (χ1n) is 13.1. The van der Waals surface area contributed by atoms with E-state index in [0.717, 1.165) is 44.1 Å². The monoisotopic (exact) mass is 492 g/mol. The summed E-state index contributed by atoms with van der Waals surface area (Å²) >= 11 is 0. The summed E-state index contributed by atoms with van der Waals surface area (Å²) < 4.78 is 50.4. The number of halogens is 3. The van der Waals surface area contributed by atoms with Crippen LogP contribution in [0.3, 0.4) is 0 Å². The molecule has 3 aromatic rings. The molecule has 0 saturated carbocycles. The van der Waals surface area contributed by atoms with Crippen LogP contribution in [0.15, 0.2) is 66.7 Å². The molecule has 36 heavy (non-hydrogen) atoms. The molecule has 1 aliphatic rings. The zero-order valence-electron chi connectivity index (χ0n) is 21.2. The second-order valence-electron chi connectivity index (χ2n) is 9.73. The summed E-state index contributed by atoms with van der Waals surface area (Å²) in [5, 5.41) is 0. The fourth-order valence-corrected chi connectivity index (χ4v) is 4.96. The zero-order chi connectivity index (χ0) is 25.5. The van der Waals surface area contributed by atoms with Crippen LogP contribution >= 0.6 is 0 Å². The van der Waals surface area contributed by atoms with Crippen molar-refractivity contribution >= 4 is 0 Å². The summed E-state index contributed by atoms with van der Waals surface area (Å²) in [7, 11) is 0. The average molecular weight is 493 g/mol. The second-order valence-corrected chi connectivity index (χ2v) is 9.73. The molecule has 4 heteroatoms. The standard InChI is InChI=1S/C32H35F3O/c1-3-5-7-8-22-10-19-30(36-21-22)26-16-17-27(29(33)20-26)23-11-13-24(14-12-23)28-18-15-25(9-6-4-2)31(34)32(28)35/h3,5,11-18,20,22,30H,4,6-10,19,21H2,1-2H3. The van der Waals surface area contributed by atoms with Crippen molar-refractivity contribution < 1.29 is 17.9 Å². The Labute approximate surface area is 213 Å². The van der Waals surface area contributed by atoms with E-state index in [0.29, 0.717) is 41.2 Å².